The Bertz CT molecular complexity index is 585. The summed E-state index contributed by atoms with van der Waals surface area (Å²) in [6.45, 7) is 4.26. The normalized spacial score (nSPS) is 11.2. The molecule has 0 saturated carbocycles. The number of nitriles is 1. The molecule has 0 spiro atoms. The van der Waals surface area contributed by atoms with Crippen molar-refractivity contribution in [2.75, 3.05) is 31.6 Å². The fourth-order valence-electron chi connectivity index (χ4n) is 2.12. The van der Waals surface area contributed by atoms with E-state index in [2.05, 4.69) is 5.32 Å². The molecule has 0 aromatic heterocycles. The van der Waals surface area contributed by atoms with Crippen LogP contribution in [0.4, 0.5) is 5.69 Å². The Morgan fingerprint density at radius 3 is 2.43 bits per heavy atom. The number of para-hydroxylation sites is 1. The van der Waals surface area contributed by atoms with Crippen molar-refractivity contribution in [1.29, 1.82) is 5.26 Å². The molecular formula is C17H23N3O3. The minimum Gasteiger partial charge on any atom is -0.395 e. The zero-order chi connectivity index (χ0) is 17.2. The summed E-state index contributed by atoms with van der Waals surface area (Å²) in [5.41, 5.74) is 1.58. The van der Waals surface area contributed by atoms with Crippen molar-refractivity contribution in [3.8, 4) is 6.07 Å². The first kappa shape index (κ1) is 18.7. The highest BCUT2D eigenvalue weighted by molar-refractivity contribution is 6.06. The second-order valence-corrected chi connectivity index (χ2v) is 5.33. The van der Waals surface area contributed by atoms with E-state index in [-0.39, 0.29) is 37.8 Å². The minimum atomic E-state index is -0.513. The maximum absolute atomic E-state index is 12.3. The van der Waals surface area contributed by atoms with Gasteiger partial charge in [0, 0.05) is 25.0 Å². The van der Waals surface area contributed by atoms with Gasteiger partial charge in [0.15, 0.2) is 0 Å². The van der Waals surface area contributed by atoms with Crippen molar-refractivity contribution in [2.24, 2.45) is 0 Å². The smallest absolute Gasteiger partial charge is 0.267 e. The molecule has 1 aromatic rings. The van der Waals surface area contributed by atoms with Crippen molar-refractivity contribution in [2.45, 2.75) is 19.8 Å². The molecule has 0 fully saturated rings. The average molecular weight is 317 g/mol. The number of carbonyl (C=O) groups is 1. The van der Waals surface area contributed by atoms with Gasteiger partial charge >= 0.3 is 0 Å². The first-order valence-corrected chi connectivity index (χ1v) is 7.51. The molecule has 0 heterocycles. The summed E-state index contributed by atoms with van der Waals surface area (Å²) in [5.74, 6) is -0.275. The molecule has 1 aromatic carbocycles. The van der Waals surface area contributed by atoms with Crippen molar-refractivity contribution < 1.29 is 15.0 Å². The zero-order valence-corrected chi connectivity index (χ0v) is 13.5. The molecule has 0 aliphatic rings. The molecular weight excluding hydrogens is 294 g/mol. The number of amides is 1. The summed E-state index contributed by atoms with van der Waals surface area (Å²) in [4.78, 5) is 13.8. The number of benzene rings is 1. The fourth-order valence-corrected chi connectivity index (χ4v) is 2.12. The first-order chi connectivity index (χ1) is 11.0. The number of aliphatic hydroxyl groups is 2. The van der Waals surface area contributed by atoms with E-state index in [4.69, 9.17) is 10.2 Å². The van der Waals surface area contributed by atoms with Gasteiger partial charge in [0.2, 0.25) is 0 Å². The zero-order valence-electron chi connectivity index (χ0n) is 13.5. The highest BCUT2D eigenvalue weighted by atomic mass is 16.3. The predicted molar refractivity (Wildman–Crippen MR) is 88.6 cm³/mol. The molecule has 0 atom stereocenters. The Labute approximate surface area is 136 Å². The molecule has 124 valence electrons. The van der Waals surface area contributed by atoms with Crippen LogP contribution in [0.3, 0.4) is 0 Å². The SMILES string of the molecule is CC(C)c1ccccc1NC(=O)/C(C#N)=C\N(CCO)CCO. The van der Waals surface area contributed by atoms with Crippen LogP contribution >= 0.6 is 0 Å². The lowest BCUT2D eigenvalue weighted by Crippen LogP contribution is -2.26. The van der Waals surface area contributed by atoms with E-state index in [0.29, 0.717) is 5.69 Å². The third kappa shape index (κ3) is 5.74. The standard InChI is InChI=1S/C17H23N3O3/c1-13(2)15-5-3-4-6-16(15)19-17(23)14(11-18)12-20(7-9-21)8-10-22/h3-6,12-13,21-22H,7-10H2,1-2H3,(H,19,23)/b14-12-. The molecule has 0 aliphatic carbocycles. The van der Waals surface area contributed by atoms with Crippen LogP contribution in [0.15, 0.2) is 36.0 Å². The van der Waals surface area contributed by atoms with E-state index >= 15 is 0 Å². The summed E-state index contributed by atoms with van der Waals surface area (Å²) in [5, 5.41) is 29.9. The van der Waals surface area contributed by atoms with Gasteiger partial charge in [0.05, 0.1) is 13.2 Å². The summed E-state index contributed by atoms with van der Waals surface area (Å²) in [6.07, 6.45) is 1.36. The third-order valence-corrected chi connectivity index (χ3v) is 3.28. The maximum Gasteiger partial charge on any atom is 0.267 e. The van der Waals surface area contributed by atoms with Crippen molar-refractivity contribution in [3.63, 3.8) is 0 Å². The molecule has 0 unspecified atom stereocenters. The van der Waals surface area contributed by atoms with Crippen LogP contribution in [0.5, 0.6) is 0 Å². The fraction of sp³-hybridized carbons (Fsp3) is 0.412. The lowest BCUT2D eigenvalue weighted by Gasteiger charge is -2.18. The number of nitrogens with one attached hydrogen (secondary N) is 1. The van der Waals surface area contributed by atoms with E-state index in [1.54, 1.807) is 6.07 Å². The molecule has 23 heavy (non-hydrogen) atoms. The van der Waals surface area contributed by atoms with E-state index in [1.807, 2.05) is 38.1 Å². The Hall–Kier alpha value is -2.36. The second kappa shape index (κ2) is 9.62. The van der Waals surface area contributed by atoms with E-state index in [1.165, 1.54) is 11.1 Å². The molecule has 0 aliphatic heterocycles. The summed E-state index contributed by atoms with van der Waals surface area (Å²) in [7, 11) is 0. The number of rotatable bonds is 8. The summed E-state index contributed by atoms with van der Waals surface area (Å²) in [6, 6.07) is 9.31. The van der Waals surface area contributed by atoms with E-state index in [9.17, 15) is 10.1 Å². The quantitative estimate of drug-likeness (QED) is 0.498. The van der Waals surface area contributed by atoms with Gasteiger partial charge in [-0.25, -0.2) is 0 Å². The predicted octanol–water partition coefficient (Wildman–Crippen LogP) is 1.44. The number of nitrogens with zero attached hydrogens (tertiary/aromatic N) is 2. The Morgan fingerprint density at radius 1 is 1.30 bits per heavy atom. The Morgan fingerprint density at radius 2 is 1.91 bits per heavy atom. The Kier molecular flexibility index (Phi) is 7.81. The second-order valence-electron chi connectivity index (χ2n) is 5.33. The topological polar surface area (TPSA) is 96.6 Å². The van der Waals surface area contributed by atoms with Crippen LogP contribution in [0.2, 0.25) is 0 Å². The van der Waals surface area contributed by atoms with Gasteiger partial charge in [-0.3, -0.25) is 4.79 Å². The van der Waals surface area contributed by atoms with Crippen LogP contribution in [-0.2, 0) is 4.79 Å². The van der Waals surface area contributed by atoms with Crippen LogP contribution in [0.25, 0.3) is 0 Å². The van der Waals surface area contributed by atoms with Gasteiger partial charge in [-0.15, -0.1) is 0 Å². The van der Waals surface area contributed by atoms with Crippen LogP contribution < -0.4 is 5.32 Å². The number of hydrogen-bond acceptors (Lipinski definition) is 5. The van der Waals surface area contributed by atoms with Crippen LogP contribution in [-0.4, -0.2) is 47.3 Å². The number of carbonyl (C=O) groups excluding carboxylic acids is 1. The maximum atomic E-state index is 12.3. The molecule has 6 nitrogen and oxygen atoms in total. The first-order valence-electron chi connectivity index (χ1n) is 7.51. The largest absolute Gasteiger partial charge is 0.395 e. The lowest BCUT2D eigenvalue weighted by atomic mass is 10.0. The third-order valence-electron chi connectivity index (χ3n) is 3.28. The molecule has 1 rings (SSSR count). The van der Waals surface area contributed by atoms with Crippen molar-refractivity contribution >= 4 is 11.6 Å². The highest BCUT2D eigenvalue weighted by Crippen LogP contribution is 2.24. The van der Waals surface area contributed by atoms with Gasteiger partial charge in [-0.2, -0.15) is 5.26 Å². The van der Waals surface area contributed by atoms with Gasteiger partial charge in [-0.1, -0.05) is 32.0 Å². The number of anilines is 1. The molecule has 0 radical (unpaired) electrons. The van der Waals surface area contributed by atoms with Crippen LogP contribution in [0, 0.1) is 11.3 Å². The van der Waals surface area contributed by atoms with Gasteiger partial charge < -0.3 is 20.4 Å². The monoisotopic (exact) mass is 317 g/mol. The molecule has 0 saturated heterocycles. The number of hydrogen-bond donors (Lipinski definition) is 3. The average Bonchev–Trinajstić information content (AvgIpc) is 2.53. The molecule has 6 heteroatoms. The van der Waals surface area contributed by atoms with Crippen LogP contribution in [0.1, 0.15) is 25.3 Å². The lowest BCUT2D eigenvalue weighted by molar-refractivity contribution is -0.112. The molecule has 3 N–H and O–H groups in total. The van der Waals surface area contributed by atoms with Gasteiger partial charge in [-0.05, 0) is 17.5 Å². The number of aliphatic hydroxyl groups excluding tert-OH is 2. The van der Waals surface area contributed by atoms with Gasteiger partial charge in [0.1, 0.15) is 11.6 Å². The van der Waals surface area contributed by atoms with Gasteiger partial charge in [0.25, 0.3) is 5.91 Å². The van der Waals surface area contributed by atoms with E-state index in [0.717, 1.165) is 5.56 Å². The Balaban J connectivity index is 2.96. The van der Waals surface area contributed by atoms with E-state index < -0.39 is 5.91 Å². The minimum absolute atomic E-state index is 0.0783. The molecule has 0 bridgehead atoms. The summed E-state index contributed by atoms with van der Waals surface area (Å²) < 4.78 is 0. The van der Waals surface area contributed by atoms with Crippen molar-refractivity contribution in [1.82, 2.24) is 4.90 Å². The van der Waals surface area contributed by atoms with Crippen molar-refractivity contribution in [3.05, 3.63) is 41.6 Å². The molecule has 1 amide bonds. The summed E-state index contributed by atoms with van der Waals surface area (Å²) >= 11 is 0. The highest BCUT2D eigenvalue weighted by Gasteiger charge is 2.14.